The van der Waals surface area contributed by atoms with Gasteiger partial charge in [-0.3, -0.25) is 9.11 Å². The van der Waals surface area contributed by atoms with Gasteiger partial charge in [0.2, 0.25) is 0 Å². The van der Waals surface area contributed by atoms with Crippen molar-refractivity contribution in [3.8, 4) is 0 Å². The minimum absolute atomic E-state index is 0. The molecule has 0 spiro atoms. The van der Waals surface area contributed by atoms with Crippen LogP contribution in [0.1, 0.15) is 0 Å². The van der Waals surface area contributed by atoms with E-state index in [1.807, 2.05) is 0 Å². The van der Waals surface area contributed by atoms with Crippen LogP contribution in [0.5, 0.6) is 0 Å². The van der Waals surface area contributed by atoms with Gasteiger partial charge < -0.3 is 0 Å². The molecule has 0 saturated carbocycles. The van der Waals surface area contributed by atoms with Crippen LogP contribution in [0.2, 0.25) is 0 Å². The molecule has 0 fully saturated rings. The van der Waals surface area contributed by atoms with Gasteiger partial charge in [-0.15, -0.1) is 0 Å². The predicted octanol–water partition coefficient (Wildman–Crippen LogP) is -2.53. The van der Waals surface area contributed by atoms with Crippen molar-refractivity contribution in [2.24, 2.45) is 0 Å². The van der Waals surface area contributed by atoms with E-state index in [-0.39, 0.29) is 37.7 Å². The van der Waals surface area contributed by atoms with E-state index in [1.165, 1.54) is 0 Å². The predicted molar refractivity (Wildman–Crippen MR) is 47.1 cm³/mol. The summed E-state index contributed by atoms with van der Waals surface area (Å²) in [4.78, 5) is 0. The van der Waals surface area contributed by atoms with Crippen molar-refractivity contribution < 1.29 is 25.9 Å². The van der Waals surface area contributed by atoms with Crippen LogP contribution < -0.4 is 0 Å². The molecule has 0 aliphatic heterocycles. The van der Waals surface area contributed by atoms with Crippen LogP contribution in [0.4, 0.5) is 0 Å². The molecule has 0 aliphatic carbocycles. The molecule has 0 bridgehead atoms. The maximum absolute atomic E-state index is 9.86. The maximum atomic E-state index is 9.86. The second kappa shape index (κ2) is 6.47. The average molecular weight is 206 g/mol. The first-order valence-corrected chi connectivity index (χ1v) is 5.33. The summed E-state index contributed by atoms with van der Waals surface area (Å²) in [5.41, 5.74) is 0. The molecular weight excluding hydrogens is 198 g/mol. The summed E-state index contributed by atoms with van der Waals surface area (Å²) in [5.74, 6) is -1.96. The third-order valence-electron chi connectivity index (χ3n) is 0.599. The Balaban J connectivity index is -0.000000405. The summed E-state index contributed by atoms with van der Waals surface area (Å²) in [6, 6.07) is 0. The normalized spacial score (nSPS) is 11.2. The summed E-state index contributed by atoms with van der Waals surface area (Å²) in [7, 11) is -8.59. The van der Waals surface area contributed by atoms with Gasteiger partial charge in [0, 0.05) is 0 Å². The van der Waals surface area contributed by atoms with Crippen molar-refractivity contribution in [3.63, 3.8) is 0 Å². The summed E-state index contributed by atoms with van der Waals surface area (Å²) < 4.78 is 55.4. The molecule has 0 aromatic carbocycles. The molecule has 12 heavy (non-hydrogen) atoms. The van der Waals surface area contributed by atoms with Crippen molar-refractivity contribution in [1.29, 1.82) is 0 Å². The Morgan fingerprint density at radius 2 is 0.917 bits per heavy atom. The van der Waals surface area contributed by atoms with Gasteiger partial charge in [0.05, 0.1) is 11.5 Å². The van der Waals surface area contributed by atoms with Gasteiger partial charge in [-0.2, -0.15) is 16.8 Å². The fourth-order valence-corrected chi connectivity index (χ4v) is 1.90. The van der Waals surface area contributed by atoms with Crippen molar-refractivity contribution in [2.75, 3.05) is 11.5 Å². The van der Waals surface area contributed by atoms with E-state index < -0.39 is 31.7 Å². The first-order valence-electron chi connectivity index (χ1n) is 2.11. The fourth-order valence-electron chi connectivity index (χ4n) is 0.211. The van der Waals surface area contributed by atoms with Gasteiger partial charge in [0.25, 0.3) is 20.2 Å². The second-order valence-electron chi connectivity index (χ2n) is 1.57. The van der Waals surface area contributed by atoms with Gasteiger partial charge in [0.15, 0.2) is 0 Å². The number of hydrogen-bond donors (Lipinski definition) is 2. The molecule has 0 rings (SSSR count). The number of rotatable bonds is 3. The molecule has 0 atom stereocenters. The molecule has 0 heterocycles. The summed E-state index contributed by atoms with van der Waals surface area (Å²) in [6.07, 6.45) is 0. The molecule has 0 aliphatic rings. The van der Waals surface area contributed by atoms with E-state index in [0.717, 1.165) is 0 Å². The van der Waals surface area contributed by atoms with Crippen LogP contribution >= 0.6 is 0 Å². The SMILES string of the molecule is O=S(=O)(O)CCS(=O)(=O)O.[LiH].[LiH]. The monoisotopic (exact) mass is 206 g/mol. The van der Waals surface area contributed by atoms with Gasteiger partial charge >= 0.3 is 37.7 Å². The number of hydrogen-bond acceptors (Lipinski definition) is 4. The van der Waals surface area contributed by atoms with Crippen molar-refractivity contribution in [1.82, 2.24) is 0 Å². The third-order valence-corrected chi connectivity index (χ3v) is 2.30. The standard InChI is InChI=1S/C2H6O6S2.2Li.2H/c3-9(4,5)1-2-10(6,7)8;;;;/h1-2H2,(H,3,4,5)(H,6,7,8);;;;. The zero-order chi connectivity index (χ0) is 8.41. The van der Waals surface area contributed by atoms with Crippen LogP contribution in [-0.2, 0) is 20.2 Å². The molecule has 0 radical (unpaired) electrons. The quantitative estimate of drug-likeness (QED) is 0.389. The van der Waals surface area contributed by atoms with Gasteiger partial charge in [-0.1, -0.05) is 0 Å². The van der Waals surface area contributed by atoms with Crippen molar-refractivity contribution >= 4 is 58.0 Å². The molecule has 0 unspecified atom stereocenters. The molecule has 10 heteroatoms. The topological polar surface area (TPSA) is 109 Å². The van der Waals surface area contributed by atoms with E-state index in [4.69, 9.17) is 9.11 Å². The van der Waals surface area contributed by atoms with Crippen LogP contribution in [0.3, 0.4) is 0 Å². The van der Waals surface area contributed by atoms with Crippen LogP contribution in [-0.4, -0.2) is 75.2 Å². The molecule has 6 nitrogen and oxygen atoms in total. The first kappa shape index (κ1) is 18.7. The summed E-state index contributed by atoms with van der Waals surface area (Å²) in [6.45, 7) is 0. The van der Waals surface area contributed by atoms with Gasteiger partial charge in [-0.05, 0) is 0 Å². The second-order valence-corrected chi connectivity index (χ2v) is 4.72. The molecular formula is C2H8Li2O6S2. The zero-order valence-electron chi connectivity index (χ0n) is 4.76. The minimum atomic E-state index is -4.30. The molecule has 0 amide bonds. The van der Waals surface area contributed by atoms with Crippen LogP contribution in [0.25, 0.3) is 0 Å². The Kier molecular flexibility index (Phi) is 10.1. The Morgan fingerprint density at radius 1 is 0.750 bits per heavy atom. The van der Waals surface area contributed by atoms with E-state index in [2.05, 4.69) is 0 Å². The van der Waals surface area contributed by atoms with Gasteiger partial charge in [0.1, 0.15) is 0 Å². The van der Waals surface area contributed by atoms with Crippen molar-refractivity contribution in [3.05, 3.63) is 0 Å². The van der Waals surface area contributed by atoms with Crippen LogP contribution in [0, 0.1) is 0 Å². The molecule has 2 N–H and O–H groups in total. The summed E-state index contributed by atoms with van der Waals surface area (Å²) in [5, 5.41) is 0. The fraction of sp³-hybridized carbons (Fsp3) is 1.00. The molecule has 0 aromatic rings. The average Bonchev–Trinajstić information content (AvgIpc) is 1.57. The van der Waals surface area contributed by atoms with Gasteiger partial charge in [-0.25, -0.2) is 0 Å². The Hall–Kier alpha value is 1.01. The van der Waals surface area contributed by atoms with E-state index in [9.17, 15) is 16.8 Å². The van der Waals surface area contributed by atoms with Crippen molar-refractivity contribution in [2.45, 2.75) is 0 Å². The molecule has 0 aromatic heterocycles. The molecule has 0 saturated heterocycles. The van der Waals surface area contributed by atoms with E-state index in [1.54, 1.807) is 0 Å². The van der Waals surface area contributed by atoms with Crippen LogP contribution in [0.15, 0.2) is 0 Å². The Labute approximate surface area is 95.0 Å². The van der Waals surface area contributed by atoms with E-state index in [0.29, 0.717) is 0 Å². The molecule has 66 valence electrons. The third kappa shape index (κ3) is 17.2. The summed E-state index contributed by atoms with van der Waals surface area (Å²) >= 11 is 0. The zero-order valence-corrected chi connectivity index (χ0v) is 6.39. The first-order chi connectivity index (χ1) is 4.21. The Morgan fingerprint density at radius 3 is 1.00 bits per heavy atom. The van der Waals surface area contributed by atoms with E-state index >= 15 is 0 Å². The Bertz CT molecular complexity index is 258.